The molecule has 0 saturated carbocycles. The van der Waals surface area contributed by atoms with E-state index < -0.39 is 6.04 Å². The van der Waals surface area contributed by atoms with Crippen LogP contribution in [0.25, 0.3) is 11.3 Å². The van der Waals surface area contributed by atoms with Gasteiger partial charge in [0.1, 0.15) is 23.5 Å². The third-order valence-electron chi connectivity index (χ3n) is 5.42. The number of aryl methyl sites for hydroxylation is 2. The van der Waals surface area contributed by atoms with Crippen LogP contribution in [0.5, 0.6) is 0 Å². The molecule has 3 aromatic heterocycles. The number of likely N-dealkylation sites (N-methyl/N-ethyl adjacent to an activating group) is 1. The molecule has 1 N–H and O–H groups in total. The van der Waals surface area contributed by atoms with E-state index in [4.69, 9.17) is 0 Å². The van der Waals surface area contributed by atoms with Crippen molar-refractivity contribution in [3.05, 3.63) is 76.6 Å². The molecule has 35 heavy (non-hydrogen) atoms. The number of carbonyl (C=O) groups is 1. The van der Waals surface area contributed by atoms with Crippen molar-refractivity contribution in [2.75, 3.05) is 17.3 Å². The van der Waals surface area contributed by atoms with Gasteiger partial charge < -0.3 is 10.2 Å². The highest BCUT2D eigenvalue weighted by molar-refractivity contribution is 7.07. The molecule has 186 valence electrons. The molecular formula is C24H27Cl2FN6OS. The molecule has 1 atom stereocenters. The number of hydrogen-bond donors (Lipinski definition) is 1. The van der Waals surface area contributed by atoms with Gasteiger partial charge >= 0.3 is 0 Å². The van der Waals surface area contributed by atoms with E-state index in [2.05, 4.69) is 20.4 Å². The van der Waals surface area contributed by atoms with Crippen molar-refractivity contribution >= 4 is 53.7 Å². The van der Waals surface area contributed by atoms with Gasteiger partial charge in [-0.05, 0) is 43.7 Å². The summed E-state index contributed by atoms with van der Waals surface area (Å²) in [6.07, 6.45) is 2.15. The molecule has 4 aromatic rings. The van der Waals surface area contributed by atoms with Crippen molar-refractivity contribution in [3.63, 3.8) is 0 Å². The van der Waals surface area contributed by atoms with Gasteiger partial charge in [-0.3, -0.25) is 9.78 Å². The van der Waals surface area contributed by atoms with Crippen LogP contribution in [0.2, 0.25) is 0 Å². The molecule has 0 aliphatic rings. The third-order valence-corrected chi connectivity index (χ3v) is 5.99. The minimum Gasteiger partial charge on any atom is -0.347 e. The van der Waals surface area contributed by atoms with Gasteiger partial charge in [-0.1, -0.05) is 12.1 Å². The summed E-state index contributed by atoms with van der Waals surface area (Å²) >= 11 is 1.46. The molecule has 1 aromatic carbocycles. The summed E-state index contributed by atoms with van der Waals surface area (Å²) in [5.41, 5.74) is 5.19. The second kappa shape index (κ2) is 12.6. The second-order valence-electron chi connectivity index (χ2n) is 7.71. The molecule has 0 bridgehead atoms. The Hall–Kier alpha value is -3.01. The number of hydrogen-bond acceptors (Lipinski definition) is 6. The first-order chi connectivity index (χ1) is 15.9. The Morgan fingerprint density at radius 2 is 1.91 bits per heavy atom. The van der Waals surface area contributed by atoms with E-state index in [1.807, 2.05) is 49.4 Å². The number of amides is 1. The van der Waals surface area contributed by atoms with Crippen LogP contribution in [0.1, 0.15) is 18.2 Å². The first kappa shape index (κ1) is 28.2. The number of pyridine rings is 1. The first-order valence-electron chi connectivity index (χ1n) is 10.6. The second-order valence-corrected chi connectivity index (χ2v) is 8.43. The SMILES string of the molecule is CCn1nc(-c2ccnc(C)c2)cc1NC(=O)[C@H](Cc1ccc(F)cc1)N(C)c1cscn1.Cl.Cl. The minimum atomic E-state index is -0.551. The number of aromatic nitrogens is 4. The van der Waals surface area contributed by atoms with Crippen molar-refractivity contribution in [1.29, 1.82) is 0 Å². The van der Waals surface area contributed by atoms with Gasteiger partial charge in [0, 0.05) is 48.9 Å². The molecule has 7 nitrogen and oxygen atoms in total. The maximum atomic E-state index is 13.5. The molecule has 3 heterocycles. The summed E-state index contributed by atoms with van der Waals surface area (Å²) in [7, 11) is 1.84. The maximum absolute atomic E-state index is 13.5. The van der Waals surface area contributed by atoms with Crippen molar-refractivity contribution in [2.45, 2.75) is 32.9 Å². The van der Waals surface area contributed by atoms with E-state index in [1.165, 1.54) is 23.5 Å². The van der Waals surface area contributed by atoms with Crippen molar-refractivity contribution in [3.8, 4) is 11.3 Å². The van der Waals surface area contributed by atoms with Crippen molar-refractivity contribution in [1.82, 2.24) is 19.7 Å². The number of nitrogens with zero attached hydrogens (tertiary/aromatic N) is 5. The minimum absolute atomic E-state index is 0. The molecule has 0 saturated heterocycles. The standard InChI is InChI=1S/C24H25FN6OS.2ClH/c1-4-31-22(13-20(29-31)18-9-10-26-16(2)11-18)28-24(32)21(30(3)23-14-33-15-27-23)12-17-5-7-19(25)8-6-17;;/h5-11,13-15,21H,4,12H2,1-3H3,(H,28,32);2*1H/t21-;;/m0../s1. The molecule has 0 aliphatic carbocycles. The molecule has 0 spiro atoms. The zero-order valence-electron chi connectivity index (χ0n) is 19.5. The van der Waals surface area contributed by atoms with E-state index in [0.717, 1.165) is 22.5 Å². The smallest absolute Gasteiger partial charge is 0.248 e. The lowest BCUT2D eigenvalue weighted by Crippen LogP contribution is -2.44. The average molecular weight is 537 g/mol. The highest BCUT2D eigenvalue weighted by atomic mass is 35.5. The van der Waals surface area contributed by atoms with Gasteiger partial charge in [0.05, 0.1) is 11.2 Å². The predicted molar refractivity (Wildman–Crippen MR) is 143 cm³/mol. The Kier molecular flexibility index (Phi) is 10.2. The molecule has 0 unspecified atom stereocenters. The molecular weight excluding hydrogens is 510 g/mol. The van der Waals surface area contributed by atoms with Crippen molar-refractivity contribution in [2.24, 2.45) is 0 Å². The predicted octanol–water partition coefficient (Wildman–Crippen LogP) is 5.40. The van der Waals surface area contributed by atoms with Gasteiger partial charge in [-0.25, -0.2) is 14.1 Å². The van der Waals surface area contributed by atoms with Crippen LogP contribution in [0.4, 0.5) is 16.0 Å². The third kappa shape index (κ3) is 6.78. The summed E-state index contributed by atoms with van der Waals surface area (Å²) in [6.45, 7) is 4.50. The Labute approximate surface area is 220 Å². The van der Waals surface area contributed by atoms with E-state index >= 15 is 0 Å². The molecule has 1 amide bonds. The molecule has 0 aliphatic heterocycles. The Morgan fingerprint density at radius 3 is 2.54 bits per heavy atom. The summed E-state index contributed by atoms with van der Waals surface area (Å²) in [6, 6.07) is 11.4. The number of benzene rings is 1. The summed E-state index contributed by atoms with van der Waals surface area (Å²) in [4.78, 5) is 23.9. The lowest BCUT2D eigenvalue weighted by atomic mass is 10.0. The largest absolute Gasteiger partial charge is 0.347 e. The van der Waals surface area contributed by atoms with Crippen LogP contribution >= 0.6 is 36.2 Å². The molecule has 0 radical (unpaired) electrons. The van der Waals surface area contributed by atoms with Crippen LogP contribution in [0, 0.1) is 12.7 Å². The lowest BCUT2D eigenvalue weighted by Gasteiger charge is -2.27. The Bertz CT molecular complexity index is 1230. The molecule has 0 fully saturated rings. The number of carbonyl (C=O) groups excluding carboxylic acids is 1. The number of rotatable bonds is 8. The van der Waals surface area contributed by atoms with E-state index in [9.17, 15) is 9.18 Å². The van der Waals surface area contributed by atoms with Gasteiger partial charge in [-0.2, -0.15) is 5.10 Å². The van der Waals surface area contributed by atoms with E-state index in [-0.39, 0.29) is 36.5 Å². The average Bonchev–Trinajstić information content (AvgIpc) is 3.48. The fourth-order valence-corrected chi connectivity index (χ4v) is 4.18. The van der Waals surface area contributed by atoms with E-state index in [0.29, 0.717) is 24.6 Å². The fourth-order valence-electron chi connectivity index (χ4n) is 3.60. The Morgan fingerprint density at radius 1 is 1.17 bits per heavy atom. The zero-order valence-corrected chi connectivity index (χ0v) is 22.0. The van der Waals surface area contributed by atoms with E-state index in [1.54, 1.807) is 28.5 Å². The van der Waals surface area contributed by atoms with Gasteiger partial charge in [0.15, 0.2) is 0 Å². The summed E-state index contributed by atoms with van der Waals surface area (Å²) in [5.74, 6) is 0.821. The first-order valence-corrected chi connectivity index (χ1v) is 11.6. The summed E-state index contributed by atoms with van der Waals surface area (Å²) in [5, 5.41) is 9.59. The summed E-state index contributed by atoms with van der Waals surface area (Å²) < 4.78 is 15.2. The van der Waals surface area contributed by atoms with Crippen LogP contribution in [-0.4, -0.2) is 38.7 Å². The normalized spacial score (nSPS) is 11.2. The monoisotopic (exact) mass is 536 g/mol. The van der Waals surface area contributed by atoms with Crippen LogP contribution in [0.3, 0.4) is 0 Å². The number of halogens is 3. The fraction of sp³-hybridized carbons (Fsp3) is 0.250. The highest BCUT2D eigenvalue weighted by Crippen LogP contribution is 2.24. The van der Waals surface area contributed by atoms with Gasteiger partial charge in [-0.15, -0.1) is 36.2 Å². The topological polar surface area (TPSA) is 75.9 Å². The van der Waals surface area contributed by atoms with Gasteiger partial charge in [0.25, 0.3) is 0 Å². The van der Waals surface area contributed by atoms with Crippen molar-refractivity contribution < 1.29 is 9.18 Å². The quantitative estimate of drug-likeness (QED) is 0.326. The number of anilines is 2. The molecule has 4 rings (SSSR count). The Balaban J connectivity index is 0.00000216. The van der Waals surface area contributed by atoms with Crippen LogP contribution in [0.15, 0.2) is 59.6 Å². The number of thiazole rings is 1. The lowest BCUT2D eigenvalue weighted by molar-refractivity contribution is -0.117. The van der Waals surface area contributed by atoms with Gasteiger partial charge in [0.2, 0.25) is 5.91 Å². The molecule has 11 heteroatoms. The zero-order chi connectivity index (χ0) is 23.4. The highest BCUT2D eigenvalue weighted by Gasteiger charge is 2.26. The maximum Gasteiger partial charge on any atom is 0.248 e. The van der Waals surface area contributed by atoms with Crippen LogP contribution < -0.4 is 10.2 Å². The number of nitrogens with one attached hydrogen (secondary N) is 1. The van der Waals surface area contributed by atoms with Crippen LogP contribution in [-0.2, 0) is 17.8 Å².